The van der Waals surface area contributed by atoms with Crippen LogP contribution in [-0.2, 0) is 0 Å². The van der Waals surface area contributed by atoms with Crippen LogP contribution in [0.25, 0.3) is 21.5 Å². The fourth-order valence-electron chi connectivity index (χ4n) is 3.98. The summed E-state index contributed by atoms with van der Waals surface area (Å²) in [7, 11) is 0. The van der Waals surface area contributed by atoms with E-state index >= 15 is 0 Å². The maximum Gasteiger partial charge on any atom is 0.0942 e. The minimum Gasteiger partial charge on any atom is -0.387 e. The molecule has 3 aromatic carbocycles. The van der Waals surface area contributed by atoms with E-state index in [1.807, 2.05) is 0 Å². The molecule has 0 aromatic heterocycles. The van der Waals surface area contributed by atoms with Crippen molar-refractivity contribution in [2.24, 2.45) is 0 Å². The molecule has 0 spiro atoms. The van der Waals surface area contributed by atoms with Gasteiger partial charge in [-0.25, -0.2) is 0 Å². The molecule has 1 N–H and O–H groups in total. The predicted octanol–water partition coefficient (Wildman–Crippen LogP) is 7.08. The summed E-state index contributed by atoms with van der Waals surface area (Å²) in [5.74, 6) is 0. The Morgan fingerprint density at radius 3 is 2.18 bits per heavy atom. The van der Waals surface area contributed by atoms with Gasteiger partial charge in [0, 0.05) is 10.5 Å². The molecule has 0 radical (unpaired) electrons. The number of nitrogens with zero attached hydrogens (tertiary/aromatic N) is 1. The summed E-state index contributed by atoms with van der Waals surface area (Å²) in [4.78, 5) is 2.46. The van der Waals surface area contributed by atoms with Gasteiger partial charge in [-0.2, -0.15) is 0 Å². The van der Waals surface area contributed by atoms with Crippen molar-refractivity contribution in [1.29, 1.82) is 0 Å². The zero-order valence-electron chi connectivity index (χ0n) is 17.3. The highest BCUT2D eigenvalue weighted by molar-refractivity contribution is 9.10. The van der Waals surface area contributed by atoms with Crippen molar-refractivity contribution in [1.82, 2.24) is 4.90 Å². The summed E-state index contributed by atoms with van der Waals surface area (Å²) in [5, 5.41) is 16.0. The summed E-state index contributed by atoms with van der Waals surface area (Å²) in [6, 6.07) is 17.1. The molecule has 0 amide bonds. The zero-order chi connectivity index (χ0) is 20.1. The van der Waals surface area contributed by atoms with Crippen molar-refractivity contribution >= 4 is 37.5 Å². The number of halogens is 1. The van der Waals surface area contributed by atoms with Gasteiger partial charge in [-0.1, -0.05) is 79.0 Å². The normalized spacial score (nSPS) is 14.1. The van der Waals surface area contributed by atoms with Gasteiger partial charge in [-0.15, -0.1) is 0 Å². The second kappa shape index (κ2) is 9.87. The lowest BCUT2D eigenvalue weighted by Gasteiger charge is -2.32. The Morgan fingerprint density at radius 2 is 1.54 bits per heavy atom. The Labute approximate surface area is 177 Å². The van der Waals surface area contributed by atoms with Gasteiger partial charge in [-0.3, -0.25) is 4.90 Å². The fourth-order valence-corrected chi connectivity index (χ4v) is 4.57. The van der Waals surface area contributed by atoms with Gasteiger partial charge in [0.05, 0.1) is 6.10 Å². The molecule has 2 nitrogen and oxygen atoms in total. The van der Waals surface area contributed by atoms with E-state index < -0.39 is 6.10 Å². The number of fused-ring (bicyclic) bond motifs is 3. The maximum absolute atomic E-state index is 11.2. The number of unbranched alkanes of at least 4 members (excludes halogenated alkanes) is 2. The number of aliphatic hydroxyl groups is 1. The Kier molecular flexibility index (Phi) is 7.50. The molecule has 2 unspecified atom stereocenters. The molecule has 3 heteroatoms. The highest BCUT2D eigenvalue weighted by atomic mass is 79.9. The van der Waals surface area contributed by atoms with Crippen molar-refractivity contribution in [3.8, 4) is 0 Å². The van der Waals surface area contributed by atoms with Crippen LogP contribution < -0.4 is 0 Å². The van der Waals surface area contributed by atoms with Crippen LogP contribution in [0.2, 0.25) is 0 Å². The molecule has 0 heterocycles. The van der Waals surface area contributed by atoms with Crippen molar-refractivity contribution in [3.05, 3.63) is 58.6 Å². The third kappa shape index (κ3) is 4.59. The minimum atomic E-state index is -0.486. The van der Waals surface area contributed by atoms with Crippen LogP contribution >= 0.6 is 15.9 Å². The van der Waals surface area contributed by atoms with E-state index in [9.17, 15) is 5.11 Å². The minimum absolute atomic E-state index is 0.109. The standard InChI is InChI=1S/C25H32BrNO/c1-4-6-14-27(15-7-5-2)18(3)25(28)20-13-12-19-17-24(26)22-11-9-8-10-21(22)23(19)16-20/h8-13,16-18,25,28H,4-7,14-15H2,1-3H3. The topological polar surface area (TPSA) is 23.5 Å². The molecule has 0 saturated heterocycles. The van der Waals surface area contributed by atoms with Crippen LogP contribution in [0, 0.1) is 0 Å². The summed E-state index contributed by atoms with van der Waals surface area (Å²) < 4.78 is 1.11. The SMILES string of the molecule is CCCCN(CCCC)C(C)C(O)c1ccc2cc(Br)c3ccccc3c2c1. The molecule has 3 rings (SSSR count). The summed E-state index contributed by atoms with van der Waals surface area (Å²) >= 11 is 3.70. The maximum atomic E-state index is 11.2. The predicted molar refractivity (Wildman–Crippen MR) is 125 cm³/mol. The van der Waals surface area contributed by atoms with Gasteiger partial charge in [0.1, 0.15) is 0 Å². The molecule has 150 valence electrons. The smallest absolute Gasteiger partial charge is 0.0942 e. The monoisotopic (exact) mass is 441 g/mol. The summed E-state index contributed by atoms with van der Waals surface area (Å²) in [6.45, 7) is 8.73. The zero-order valence-corrected chi connectivity index (χ0v) is 18.9. The van der Waals surface area contributed by atoms with E-state index in [0.29, 0.717) is 0 Å². The van der Waals surface area contributed by atoms with Crippen LogP contribution in [0.15, 0.2) is 53.0 Å². The van der Waals surface area contributed by atoms with Gasteiger partial charge in [0.2, 0.25) is 0 Å². The molecular formula is C25H32BrNO. The molecule has 0 aliphatic carbocycles. The molecule has 0 saturated carbocycles. The van der Waals surface area contributed by atoms with Gasteiger partial charge < -0.3 is 5.11 Å². The first-order valence-electron chi connectivity index (χ1n) is 10.6. The number of rotatable bonds is 9. The van der Waals surface area contributed by atoms with E-state index in [4.69, 9.17) is 0 Å². The van der Waals surface area contributed by atoms with E-state index in [2.05, 4.69) is 90.1 Å². The van der Waals surface area contributed by atoms with Gasteiger partial charge >= 0.3 is 0 Å². The highest BCUT2D eigenvalue weighted by Gasteiger charge is 2.23. The number of benzene rings is 3. The average Bonchev–Trinajstić information content (AvgIpc) is 2.73. The van der Waals surface area contributed by atoms with E-state index in [1.165, 1.54) is 47.2 Å². The lowest BCUT2D eigenvalue weighted by molar-refractivity contribution is 0.0561. The Hall–Kier alpha value is -1.42. The fraction of sp³-hybridized carbons (Fsp3) is 0.440. The lowest BCUT2D eigenvalue weighted by Crippen LogP contribution is -2.39. The molecule has 0 aliphatic rings. The average molecular weight is 442 g/mol. The molecule has 0 fully saturated rings. The van der Waals surface area contributed by atoms with Crippen LogP contribution in [0.3, 0.4) is 0 Å². The Balaban J connectivity index is 1.95. The van der Waals surface area contributed by atoms with Crippen LogP contribution in [-0.4, -0.2) is 29.1 Å². The Morgan fingerprint density at radius 1 is 0.893 bits per heavy atom. The van der Waals surface area contributed by atoms with Crippen LogP contribution in [0.4, 0.5) is 0 Å². The molecule has 3 aromatic rings. The van der Waals surface area contributed by atoms with Crippen molar-refractivity contribution in [3.63, 3.8) is 0 Å². The highest BCUT2D eigenvalue weighted by Crippen LogP contribution is 2.34. The second-order valence-electron chi connectivity index (χ2n) is 7.81. The molecule has 0 bridgehead atoms. The lowest BCUT2D eigenvalue weighted by atomic mass is 9.95. The van der Waals surface area contributed by atoms with Crippen molar-refractivity contribution < 1.29 is 5.11 Å². The summed E-state index contributed by atoms with van der Waals surface area (Å²) in [6.07, 6.45) is 4.24. The quantitative estimate of drug-likeness (QED) is 0.358. The third-order valence-electron chi connectivity index (χ3n) is 5.81. The number of hydrogen-bond donors (Lipinski definition) is 1. The van der Waals surface area contributed by atoms with Gasteiger partial charge in [-0.05, 0) is 72.1 Å². The number of aliphatic hydroxyl groups excluding tert-OH is 1. The van der Waals surface area contributed by atoms with Crippen molar-refractivity contribution in [2.75, 3.05) is 13.1 Å². The van der Waals surface area contributed by atoms with Crippen LogP contribution in [0.1, 0.15) is 58.1 Å². The van der Waals surface area contributed by atoms with Crippen LogP contribution in [0.5, 0.6) is 0 Å². The third-order valence-corrected chi connectivity index (χ3v) is 6.46. The van der Waals surface area contributed by atoms with E-state index in [-0.39, 0.29) is 6.04 Å². The first kappa shape index (κ1) is 21.3. The van der Waals surface area contributed by atoms with Gasteiger partial charge in [0.15, 0.2) is 0 Å². The summed E-state index contributed by atoms with van der Waals surface area (Å²) in [5.41, 5.74) is 1.01. The van der Waals surface area contributed by atoms with E-state index in [1.54, 1.807) is 0 Å². The largest absolute Gasteiger partial charge is 0.387 e. The first-order chi connectivity index (χ1) is 13.6. The molecule has 2 atom stereocenters. The molecular weight excluding hydrogens is 410 g/mol. The van der Waals surface area contributed by atoms with Crippen molar-refractivity contribution in [2.45, 2.75) is 58.6 Å². The van der Waals surface area contributed by atoms with Gasteiger partial charge in [0.25, 0.3) is 0 Å². The molecule has 0 aliphatic heterocycles. The Bertz CT molecular complexity index is 915. The molecule has 28 heavy (non-hydrogen) atoms. The first-order valence-corrected chi connectivity index (χ1v) is 11.4. The number of hydrogen-bond acceptors (Lipinski definition) is 2. The van der Waals surface area contributed by atoms with E-state index in [0.717, 1.165) is 23.1 Å². The second-order valence-corrected chi connectivity index (χ2v) is 8.67.